The van der Waals surface area contributed by atoms with Crippen LogP contribution >= 0.6 is 0 Å². The van der Waals surface area contributed by atoms with Crippen molar-refractivity contribution in [2.75, 3.05) is 25.2 Å². The molecule has 1 aliphatic heterocycles. The summed E-state index contributed by atoms with van der Waals surface area (Å²) in [6.45, 7) is 2.54. The summed E-state index contributed by atoms with van der Waals surface area (Å²) < 4.78 is 34.5. The van der Waals surface area contributed by atoms with E-state index in [0.29, 0.717) is 24.1 Å². The van der Waals surface area contributed by atoms with Gasteiger partial charge in [0.05, 0.1) is 18.1 Å². The largest absolute Gasteiger partial charge is 0.451 e. The zero-order chi connectivity index (χ0) is 17.3. The number of fused-ring (bicyclic) bond motifs is 1. The summed E-state index contributed by atoms with van der Waals surface area (Å²) in [5, 5.41) is 0.845. The Hall–Kier alpha value is -1.86. The minimum absolute atomic E-state index is 0.0203. The van der Waals surface area contributed by atoms with Crippen molar-refractivity contribution < 1.29 is 22.4 Å². The average molecular weight is 351 g/mol. The number of benzene rings is 1. The molecule has 3 rings (SSSR count). The zero-order valence-corrected chi connectivity index (χ0v) is 14.6. The summed E-state index contributed by atoms with van der Waals surface area (Å²) in [4.78, 5) is 14.6. The molecular weight excluding hydrogens is 330 g/mol. The van der Waals surface area contributed by atoms with Gasteiger partial charge in [-0.25, -0.2) is 8.42 Å². The number of rotatable bonds is 5. The lowest BCUT2D eigenvalue weighted by Crippen LogP contribution is -2.41. The lowest BCUT2D eigenvalue weighted by Gasteiger charge is -2.26. The van der Waals surface area contributed by atoms with Gasteiger partial charge in [-0.3, -0.25) is 4.79 Å². The van der Waals surface area contributed by atoms with Crippen LogP contribution in [0.5, 0.6) is 0 Å². The molecule has 1 saturated heterocycles. The molecule has 24 heavy (non-hydrogen) atoms. The monoisotopic (exact) mass is 351 g/mol. The highest BCUT2D eigenvalue weighted by atomic mass is 32.2. The van der Waals surface area contributed by atoms with Gasteiger partial charge in [0.15, 0.2) is 15.6 Å². The van der Waals surface area contributed by atoms with E-state index in [2.05, 4.69) is 0 Å². The number of amides is 1. The van der Waals surface area contributed by atoms with Gasteiger partial charge in [-0.05, 0) is 19.4 Å². The van der Waals surface area contributed by atoms with E-state index in [0.717, 1.165) is 5.39 Å². The normalized spacial score (nSPS) is 19.7. The highest BCUT2D eigenvalue weighted by Crippen LogP contribution is 2.29. The van der Waals surface area contributed by atoms with Gasteiger partial charge in [-0.1, -0.05) is 18.2 Å². The first-order valence-electron chi connectivity index (χ1n) is 7.97. The number of para-hydroxylation sites is 1. The predicted octanol–water partition coefficient (Wildman–Crippen LogP) is 2.23. The zero-order valence-electron chi connectivity index (χ0n) is 13.8. The van der Waals surface area contributed by atoms with Crippen molar-refractivity contribution in [3.8, 4) is 0 Å². The Kier molecular flexibility index (Phi) is 4.64. The highest BCUT2D eigenvalue weighted by Gasteiger charge is 2.36. The lowest BCUT2D eigenvalue weighted by atomic mass is 10.1. The number of hydrogen-bond acceptors (Lipinski definition) is 5. The third-order valence-electron chi connectivity index (χ3n) is 4.43. The standard InChI is InChI=1S/C17H21NO5S/c1-3-18(12-8-9-24(20,21)11-12)17(19)16-14(10-22-2)13-6-4-5-7-15(13)23-16/h4-7,12H,3,8-11H2,1-2H3. The first-order valence-corrected chi connectivity index (χ1v) is 9.79. The Morgan fingerprint density at radius 3 is 2.75 bits per heavy atom. The molecule has 7 heteroatoms. The van der Waals surface area contributed by atoms with Crippen molar-refractivity contribution in [3.63, 3.8) is 0 Å². The van der Waals surface area contributed by atoms with Gasteiger partial charge in [0.25, 0.3) is 5.91 Å². The van der Waals surface area contributed by atoms with Gasteiger partial charge in [0.1, 0.15) is 5.58 Å². The number of nitrogens with zero attached hydrogens (tertiary/aromatic N) is 1. The molecule has 2 heterocycles. The minimum Gasteiger partial charge on any atom is -0.451 e. The summed E-state index contributed by atoms with van der Waals surface area (Å²) in [5.74, 6) is 0.117. The van der Waals surface area contributed by atoms with Gasteiger partial charge in [0, 0.05) is 30.6 Å². The fourth-order valence-corrected chi connectivity index (χ4v) is 5.01. The number of carbonyl (C=O) groups is 1. The number of sulfone groups is 1. The maximum Gasteiger partial charge on any atom is 0.290 e. The Labute approximate surface area is 141 Å². The maximum absolute atomic E-state index is 13.0. The van der Waals surface area contributed by atoms with E-state index in [9.17, 15) is 13.2 Å². The van der Waals surface area contributed by atoms with E-state index in [1.807, 2.05) is 31.2 Å². The number of methoxy groups -OCH3 is 1. The van der Waals surface area contributed by atoms with Crippen LogP contribution in [-0.2, 0) is 21.2 Å². The Balaban J connectivity index is 1.99. The Morgan fingerprint density at radius 1 is 1.38 bits per heavy atom. The predicted molar refractivity (Wildman–Crippen MR) is 90.7 cm³/mol. The first kappa shape index (κ1) is 17.0. The van der Waals surface area contributed by atoms with Crippen molar-refractivity contribution in [2.24, 2.45) is 0 Å². The van der Waals surface area contributed by atoms with Crippen LogP contribution in [0.4, 0.5) is 0 Å². The van der Waals surface area contributed by atoms with E-state index < -0.39 is 9.84 Å². The molecule has 1 aromatic carbocycles. The molecule has 1 aliphatic rings. The van der Waals surface area contributed by atoms with E-state index in [1.54, 1.807) is 12.0 Å². The quantitative estimate of drug-likeness (QED) is 0.825. The summed E-state index contributed by atoms with van der Waals surface area (Å²) >= 11 is 0. The van der Waals surface area contributed by atoms with Crippen LogP contribution in [0, 0.1) is 0 Å². The molecule has 1 amide bonds. The van der Waals surface area contributed by atoms with Crippen molar-refractivity contribution in [2.45, 2.75) is 26.0 Å². The van der Waals surface area contributed by atoms with Crippen LogP contribution in [0.25, 0.3) is 11.0 Å². The smallest absolute Gasteiger partial charge is 0.290 e. The second-order valence-electron chi connectivity index (χ2n) is 5.99. The molecule has 130 valence electrons. The molecule has 1 atom stereocenters. The molecule has 0 radical (unpaired) electrons. The number of hydrogen-bond donors (Lipinski definition) is 0. The average Bonchev–Trinajstić information content (AvgIpc) is 3.09. The van der Waals surface area contributed by atoms with Crippen LogP contribution in [0.15, 0.2) is 28.7 Å². The van der Waals surface area contributed by atoms with Gasteiger partial charge in [0.2, 0.25) is 0 Å². The Morgan fingerprint density at radius 2 is 2.12 bits per heavy atom. The summed E-state index contributed by atoms with van der Waals surface area (Å²) in [6.07, 6.45) is 0.474. The molecule has 0 saturated carbocycles. The SMILES string of the molecule is CCN(C(=O)c1oc2ccccc2c1COC)C1CCS(=O)(=O)C1. The molecule has 0 aliphatic carbocycles. The topological polar surface area (TPSA) is 76.8 Å². The number of carbonyl (C=O) groups excluding carboxylic acids is 1. The lowest BCUT2D eigenvalue weighted by molar-refractivity contribution is 0.0672. The molecule has 1 fully saturated rings. The molecule has 1 unspecified atom stereocenters. The summed E-state index contributed by atoms with van der Waals surface area (Å²) in [6, 6.07) is 7.13. The van der Waals surface area contributed by atoms with Crippen molar-refractivity contribution in [1.82, 2.24) is 4.90 Å². The molecule has 0 bridgehead atoms. The summed E-state index contributed by atoms with van der Waals surface area (Å²) in [5.41, 5.74) is 1.33. The van der Waals surface area contributed by atoms with Crippen molar-refractivity contribution >= 4 is 26.7 Å². The van der Waals surface area contributed by atoms with Gasteiger partial charge < -0.3 is 14.1 Å². The van der Waals surface area contributed by atoms with E-state index in [-0.39, 0.29) is 35.8 Å². The molecule has 2 aromatic rings. The molecule has 6 nitrogen and oxygen atoms in total. The fraction of sp³-hybridized carbons (Fsp3) is 0.471. The highest BCUT2D eigenvalue weighted by molar-refractivity contribution is 7.91. The van der Waals surface area contributed by atoms with Gasteiger partial charge >= 0.3 is 0 Å². The van der Waals surface area contributed by atoms with Crippen LogP contribution in [0.1, 0.15) is 29.5 Å². The first-order chi connectivity index (χ1) is 11.5. The third-order valence-corrected chi connectivity index (χ3v) is 6.18. The molecule has 0 spiro atoms. The molecular formula is C17H21NO5S. The van der Waals surface area contributed by atoms with E-state index in [1.165, 1.54) is 0 Å². The van der Waals surface area contributed by atoms with Crippen molar-refractivity contribution in [3.05, 3.63) is 35.6 Å². The maximum atomic E-state index is 13.0. The third kappa shape index (κ3) is 3.06. The van der Waals surface area contributed by atoms with Crippen molar-refractivity contribution in [1.29, 1.82) is 0 Å². The van der Waals surface area contributed by atoms with E-state index >= 15 is 0 Å². The number of furan rings is 1. The van der Waals surface area contributed by atoms with Gasteiger partial charge in [-0.15, -0.1) is 0 Å². The Bertz CT molecular complexity index is 855. The van der Waals surface area contributed by atoms with E-state index in [4.69, 9.17) is 9.15 Å². The second kappa shape index (κ2) is 6.57. The van der Waals surface area contributed by atoms with Crippen LogP contribution in [0.3, 0.4) is 0 Å². The van der Waals surface area contributed by atoms with Crippen LogP contribution < -0.4 is 0 Å². The molecule has 1 aromatic heterocycles. The second-order valence-corrected chi connectivity index (χ2v) is 8.22. The van der Waals surface area contributed by atoms with Gasteiger partial charge in [-0.2, -0.15) is 0 Å². The number of ether oxygens (including phenoxy) is 1. The van der Waals surface area contributed by atoms with Crippen LogP contribution in [0.2, 0.25) is 0 Å². The fourth-order valence-electron chi connectivity index (χ4n) is 3.28. The van der Waals surface area contributed by atoms with Crippen LogP contribution in [-0.4, -0.2) is 50.4 Å². The molecule has 0 N–H and O–H groups in total. The summed E-state index contributed by atoms with van der Waals surface area (Å²) in [7, 11) is -1.49. The minimum atomic E-state index is -3.06.